The minimum absolute atomic E-state index is 0.208. The standard InChI is InChI=1S/C16H23NO6/c1-21-12-8-10(9-13(22-2)15(12)23-3)14(18)11(16(19)20)6-4-5-7-17/h8-9,11H,4-7,17H2,1-3H3,(H,19,20). The Morgan fingerprint density at radius 1 is 1.09 bits per heavy atom. The first-order valence-electron chi connectivity index (χ1n) is 7.27. The second-order valence-corrected chi connectivity index (χ2v) is 4.95. The van der Waals surface area contributed by atoms with Gasteiger partial charge in [-0.3, -0.25) is 9.59 Å². The van der Waals surface area contributed by atoms with Crippen LogP contribution in [0.5, 0.6) is 17.2 Å². The van der Waals surface area contributed by atoms with Crippen LogP contribution in [0.3, 0.4) is 0 Å². The summed E-state index contributed by atoms with van der Waals surface area (Å²) in [4.78, 5) is 24.0. The number of ether oxygens (including phenoxy) is 3. The highest BCUT2D eigenvalue weighted by molar-refractivity contribution is 6.08. The van der Waals surface area contributed by atoms with Crippen LogP contribution < -0.4 is 19.9 Å². The molecule has 0 aromatic heterocycles. The van der Waals surface area contributed by atoms with Crippen molar-refractivity contribution >= 4 is 11.8 Å². The lowest BCUT2D eigenvalue weighted by atomic mass is 9.92. The van der Waals surface area contributed by atoms with Crippen molar-refractivity contribution in [3.8, 4) is 17.2 Å². The zero-order valence-electron chi connectivity index (χ0n) is 13.6. The number of benzene rings is 1. The van der Waals surface area contributed by atoms with Crippen LogP contribution in [0, 0.1) is 5.92 Å². The van der Waals surface area contributed by atoms with Crippen LogP contribution in [0.4, 0.5) is 0 Å². The van der Waals surface area contributed by atoms with Crippen LogP contribution in [0.1, 0.15) is 29.6 Å². The van der Waals surface area contributed by atoms with E-state index in [9.17, 15) is 14.7 Å². The number of nitrogens with two attached hydrogens (primary N) is 1. The number of ketones is 1. The molecule has 0 aliphatic carbocycles. The average Bonchev–Trinajstić information content (AvgIpc) is 2.56. The summed E-state index contributed by atoms with van der Waals surface area (Å²) in [6.45, 7) is 0.463. The maximum Gasteiger partial charge on any atom is 0.314 e. The van der Waals surface area contributed by atoms with E-state index in [-0.39, 0.29) is 12.0 Å². The molecule has 7 nitrogen and oxygen atoms in total. The van der Waals surface area contributed by atoms with Crippen LogP contribution in [0.2, 0.25) is 0 Å². The van der Waals surface area contributed by atoms with Gasteiger partial charge in [0, 0.05) is 5.56 Å². The van der Waals surface area contributed by atoms with Crippen molar-refractivity contribution in [3.63, 3.8) is 0 Å². The topological polar surface area (TPSA) is 108 Å². The Morgan fingerprint density at radius 3 is 2.04 bits per heavy atom. The predicted molar refractivity (Wildman–Crippen MR) is 84.5 cm³/mol. The Hall–Kier alpha value is -2.28. The quantitative estimate of drug-likeness (QED) is 0.383. The van der Waals surface area contributed by atoms with Crippen molar-refractivity contribution in [2.45, 2.75) is 19.3 Å². The first-order valence-corrected chi connectivity index (χ1v) is 7.27. The fourth-order valence-electron chi connectivity index (χ4n) is 2.28. The Labute approximate surface area is 135 Å². The fraction of sp³-hybridized carbons (Fsp3) is 0.500. The highest BCUT2D eigenvalue weighted by Gasteiger charge is 2.28. The van der Waals surface area contributed by atoms with Gasteiger partial charge >= 0.3 is 5.97 Å². The number of carboxylic acid groups (broad SMARTS) is 1. The molecule has 0 heterocycles. The van der Waals surface area contributed by atoms with E-state index in [1.54, 1.807) is 0 Å². The smallest absolute Gasteiger partial charge is 0.314 e. The largest absolute Gasteiger partial charge is 0.493 e. The maximum absolute atomic E-state index is 12.6. The number of rotatable bonds is 10. The van der Waals surface area contributed by atoms with Crippen molar-refractivity contribution in [3.05, 3.63) is 17.7 Å². The summed E-state index contributed by atoms with van der Waals surface area (Å²) in [6.07, 6.45) is 1.48. The number of Topliss-reactive ketones (excluding diaryl/α,β-unsaturated/α-hetero) is 1. The Morgan fingerprint density at radius 2 is 1.65 bits per heavy atom. The van der Waals surface area contributed by atoms with Crippen LogP contribution in [0.25, 0.3) is 0 Å². The van der Waals surface area contributed by atoms with Gasteiger partial charge in [0.1, 0.15) is 5.92 Å². The number of carboxylic acids is 1. The molecule has 1 aromatic rings. The molecule has 0 spiro atoms. The molecule has 1 rings (SSSR count). The van der Waals surface area contributed by atoms with Gasteiger partial charge < -0.3 is 25.1 Å². The van der Waals surface area contributed by atoms with Gasteiger partial charge in [-0.25, -0.2) is 0 Å². The SMILES string of the molecule is COc1cc(C(=O)C(CCCCN)C(=O)O)cc(OC)c1OC. The summed E-state index contributed by atoms with van der Waals surface area (Å²) in [6, 6.07) is 2.92. The van der Waals surface area contributed by atoms with Crippen LogP contribution in [-0.2, 0) is 4.79 Å². The van der Waals surface area contributed by atoms with Crippen LogP contribution >= 0.6 is 0 Å². The van der Waals surface area contributed by atoms with Gasteiger partial charge in [-0.15, -0.1) is 0 Å². The molecule has 0 radical (unpaired) electrons. The van der Waals surface area contributed by atoms with E-state index in [1.807, 2.05) is 0 Å². The van der Waals surface area contributed by atoms with Crippen molar-refractivity contribution in [2.75, 3.05) is 27.9 Å². The lowest BCUT2D eigenvalue weighted by Crippen LogP contribution is -2.24. The lowest BCUT2D eigenvalue weighted by Gasteiger charge is -2.16. The number of aliphatic carboxylic acids is 1. The van der Waals surface area contributed by atoms with Crippen LogP contribution in [-0.4, -0.2) is 44.7 Å². The second-order valence-electron chi connectivity index (χ2n) is 4.95. The van der Waals surface area contributed by atoms with E-state index in [1.165, 1.54) is 33.5 Å². The highest BCUT2D eigenvalue weighted by atomic mass is 16.5. The second kappa shape index (κ2) is 8.99. The predicted octanol–water partition coefficient (Wildman–Crippen LogP) is 1.72. The Kier molecular flexibility index (Phi) is 7.34. The first kappa shape index (κ1) is 18.8. The molecule has 0 fully saturated rings. The molecule has 23 heavy (non-hydrogen) atoms. The number of hydrogen-bond donors (Lipinski definition) is 2. The van der Waals surface area contributed by atoms with Gasteiger partial charge in [0.2, 0.25) is 5.75 Å². The van der Waals surface area contributed by atoms with Crippen LogP contribution in [0.15, 0.2) is 12.1 Å². The molecule has 0 saturated carbocycles. The van der Waals surface area contributed by atoms with E-state index in [0.29, 0.717) is 36.6 Å². The number of carbonyl (C=O) groups excluding carboxylic acids is 1. The third kappa shape index (κ3) is 4.59. The van der Waals surface area contributed by atoms with Crippen molar-refractivity contribution in [2.24, 2.45) is 11.7 Å². The molecule has 0 saturated heterocycles. The highest BCUT2D eigenvalue weighted by Crippen LogP contribution is 2.38. The molecule has 0 bridgehead atoms. The molecule has 3 N–H and O–H groups in total. The minimum Gasteiger partial charge on any atom is -0.493 e. The number of carbonyl (C=O) groups is 2. The molecule has 128 valence electrons. The monoisotopic (exact) mass is 325 g/mol. The normalized spacial score (nSPS) is 11.7. The lowest BCUT2D eigenvalue weighted by molar-refractivity contribution is -0.140. The number of methoxy groups -OCH3 is 3. The third-order valence-electron chi connectivity index (χ3n) is 3.51. The van der Waals surface area contributed by atoms with E-state index < -0.39 is 17.7 Å². The molecule has 7 heteroatoms. The molecular formula is C16H23NO6. The Bertz CT molecular complexity index is 532. The molecule has 1 atom stereocenters. The van der Waals surface area contributed by atoms with Gasteiger partial charge in [-0.1, -0.05) is 6.42 Å². The first-order chi connectivity index (χ1) is 11.0. The van der Waals surface area contributed by atoms with E-state index in [4.69, 9.17) is 19.9 Å². The van der Waals surface area contributed by atoms with Crippen molar-refractivity contribution in [1.82, 2.24) is 0 Å². The molecule has 0 amide bonds. The van der Waals surface area contributed by atoms with E-state index in [2.05, 4.69) is 0 Å². The summed E-state index contributed by atoms with van der Waals surface area (Å²) in [5.41, 5.74) is 5.61. The van der Waals surface area contributed by atoms with Crippen molar-refractivity contribution < 1.29 is 28.9 Å². The average molecular weight is 325 g/mol. The number of hydrogen-bond acceptors (Lipinski definition) is 6. The van der Waals surface area contributed by atoms with Gasteiger partial charge in [-0.05, 0) is 31.5 Å². The Balaban J connectivity index is 3.16. The fourth-order valence-corrected chi connectivity index (χ4v) is 2.28. The summed E-state index contributed by atoms with van der Waals surface area (Å²) in [5.74, 6) is -1.80. The van der Waals surface area contributed by atoms with Gasteiger partial charge in [0.15, 0.2) is 17.3 Å². The minimum atomic E-state index is -1.15. The van der Waals surface area contributed by atoms with Gasteiger partial charge in [-0.2, -0.15) is 0 Å². The third-order valence-corrected chi connectivity index (χ3v) is 3.51. The van der Waals surface area contributed by atoms with Gasteiger partial charge in [0.25, 0.3) is 0 Å². The summed E-state index contributed by atoms with van der Waals surface area (Å²) < 4.78 is 15.6. The maximum atomic E-state index is 12.6. The molecule has 1 unspecified atom stereocenters. The van der Waals surface area contributed by atoms with Gasteiger partial charge in [0.05, 0.1) is 21.3 Å². The summed E-state index contributed by atoms with van der Waals surface area (Å²) in [5, 5.41) is 9.32. The summed E-state index contributed by atoms with van der Waals surface area (Å²) >= 11 is 0. The van der Waals surface area contributed by atoms with Crippen molar-refractivity contribution in [1.29, 1.82) is 0 Å². The molecule has 0 aliphatic heterocycles. The summed E-state index contributed by atoms with van der Waals surface area (Å²) in [7, 11) is 4.32. The van der Waals surface area contributed by atoms with E-state index >= 15 is 0 Å². The molecular weight excluding hydrogens is 302 g/mol. The zero-order valence-corrected chi connectivity index (χ0v) is 13.6. The number of unbranched alkanes of at least 4 members (excludes halogenated alkanes) is 1. The zero-order chi connectivity index (χ0) is 17.4. The molecule has 0 aliphatic rings. The van der Waals surface area contributed by atoms with E-state index in [0.717, 1.165) is 0 Å². The molecule has 1 aromatic carbocycles.